The van der Waals surface area contributed by atoms with Crippen LogP contribution in [0.2, 0.25) is 0 Å². The van der Waals surface area contributed by atoms with Gasteiger partial charge in [-0.3, -0.25) is 4.48 Å². The molecule has 1 radical (unpaired) electrons. The van der Waals surface area contributed by atoms with Crippen LogP contribution in [-0.4, -0.2) is 29.1 Å². The molecule has 1 atom stereocenters. The molecule has 0 aliphatic carbocycles. The average molecular weight is 187 g/mol. The highest BCUT2D eigenvalue weighted by atomic mass is 32.1. The SMILES string of the molecule is CC[N+](C)([C]=S)C(C)(C)C(C)C. The van der Waals surface area contributed by atoms with Crippen molar-refractivity contribution in [2.24, 2.45) is 5.92 Å². The zero-order valence-corrected chi connectivity index (χ0v) is 9.96. The lowest BCUT2D eigenvalue weighted by Gasteiger charge is -2.44. The highest BCUT2D eigenvalue weighted by molar-refractivity contribution is 7.78. The molecule has 0 bridgehead atoms. The number of rotatable bonds is 4. The smallest absolute Gasteiger partial charge is 0.272 e. The van der Waals surface area contributed by atoms with Gasteiger partial charge in [-0.2, -0.15) is 0 Å². The van der Waals surface area contributed by atoms with E-state index >= 15 is 0 Å². The first-order valence-corrected chi connectivity index (χ1v) is 4.97. The number of hydrogen-bond acceptors (Lipinski definition) is 1. The second-order valence-corrected chi connectivity index (χ2v) is 4.59. The Kier molecular flexibility index (Phi) is 3.86. The predicted octanol–water partition coefficient (Wildman–Crippen LogP) is 2.72. The molecule has 0 rings (SSSR count). The van der Waals surface area contributed by atoms with Crippen LogP contribution in [-0.2, 0) is 0 Å². The van der Waals surface area contributed by atoms with E-state index in [2.05, 4.69) is 47.2 Å². The molecule has 0 saturated heterocycles. The summed E-state index contributed by atoms with van der Waals surface area (Å²) in [6.07, 6.45) is 0. The fourth-order valence-electron chi connectivity index (χ4n) is 1.16. The van der Waals surface area contributed by atoms with Crippen LogP contribution in [0.25, 0.3) is 0 Å². The van der Waals surface area contributed by atoms with Crippen molar-refractivity contribution in [2.75, 3.05) is 13.6 Å². The Labute approximate surface area is 82.4 Å². The Morgan fingerprint density at radius 1 is 1.42 bits per heavy atom. The van der Waals surface area contributed by atoms with Gasteiger partial charge in [0.25, 0.3) is 5.49 Å². The number of nitrogens with zero attached hydrogens (tertiary/aromatic N) is 1. The van der Waals surface area contributed by atoms with Gasteiger partial charge in [0.1, 0.15) is 5.54 Å². The third-order valence-electron chi connectivity index (χ3n) is 3.52. The summed E-state index contributed by atoms with van der Waals surface area (Å²) in [7, 11) is 2.15. The van der Waals surface area contributed by atoms with Crippen LogP contribution in [0.15, 0.2) is 0 Å². The normalized spacial score (nSPS) is 17.6. The van der Waals surface area contributed by atoms with Crippen molar-refractivity contribution < 1.29 is 4.48 Å². The van der Waals surface area contributed by atoms with E-state index in [1.807, 2.05) is 0 Å². The lowest BCUT2D eigenvalue weighted by atomic mass is 9.87. The number of hydrogen-bond donors (Lipinski definition) is 0. The molecule has 71 valence electrons. The minimum Gasteiger partial charge on any atom is -0.274 e. The summed E-state index contributed by atoms with van der Waals surface area (Å²) in [5.41, 5.74) is 3.15. The van der Waals surface area contributed by atoms with E-state index in [4.69, 9.17) is 12.2 Å². The summed E-state index contributed by atoms with van der Waals surface area (Å²) >= 11 is 4.98. The first kappa shape index (κ1) is 12.0. The Morgan fingerprint density at radius 3 is 1.92 bits per heavy atom. The molecule has 2 heteroatoms. The molecule has 0 heterocycles. The number of thiocarbonyl (C=S) groups is 1. The van der Waals surface area contributed by atoms with E-state index in [-0.39, 0.29) is 5.54 Å². The molecule has 0 saturated carbocycles. The van der Waals surface area contributed by atoms with Gasteiger partial charge < -0.3 is 0 Å². The van der Waals surface area contributed by atoms with Gasteiger partial charge in [0, 0.05) is 5.92 Å². The van der Waals surface area contributed by atoms with Gasteiger partial charge in [-0.15, -0.1) is 0 Å². The molecule has 1 nitrogen and oxygen atoms in total. The third kappa shape index (κ3) is 1.86. The summed E-state index contributed by atoms with van der Waals surface area (Å²) in [5, 5.41) is 0. The van der Waals surface area contributed by atoms with Gasteiger partial charge in [-0.05, 0) is 33.0 Å². The van der Waals surface area contributed by atoms with E-state index in [1.165, 1.54) is 0 Å². The fraction of sp³-hybridized carbons (Fsp3) is 0.900. The highest BCUT2D eigenvalue weighted by Gasteiger charge is 2.41. The minimum absolute atomic E-state index is 0.177. The average Bonchev–Trinajstić information content (AvgIpc) is 2.02. The van der Waals surface area contributed by atoms with Crippen molar-refractivity contribution in [3.8, 4) is 0 Å². The Bertz CT molecular complexity index is 163. The molecule has 0 amide bonds. The van der Waals surface area contributed by atoms with Crippen LogP contribution in [0.5, 0.6) is 0 Å². The molecule has 0 aliphatic heterocycles. The Morgan fingerprint density at radius 2 is 1.83 bits per heavy atom. The molecule has 0 aliphatic rings. The van der Waals surface area contributed by atoms with Crippen molar-refractivity contribution in [1.82, 2.24) is 0 Å². The van der Waals surface area contributed by atoms with Crippen LogP contribution in [0.4, 0.5) is 0 Å². The maximum absolute atomic E-state index is 4.98. The monoisotopic (exact) mass is 187 g/mol. The van der Waals surface area contributed by atoms with Gasteiger partial charge in [0.2, 0.25) is 0 Å². The second kappa shape index (κ2) is 3.84. The molecule has 0 N–H and O–H groups in total. The van der Waals surface area contributed by atoms with Crippen LogP contribution in [0.1, 0.15) is 34.6 Å². The fourth-order valence-corrected chi connectivity index (χ4v) is 1.52. The van der Waals surface area contributed by atoms with Gasteiger partial charge >= 0.3 is 0 Å². The van der Waals surface area contributed by atoms with E-state index in [0.29, 0.717) is 5.92 Å². The minimum atomic E-state index is 0.177. The van der Waals surface area contributed by atoms with Crippen molar-refractivity contribution in [1.29, 1.82) is 0 Å². The maximum atomic E-state index is 4.98. The summed E-state index contributed by atoms with van der Waals surface area (Å²) in [5.74, 6) is 0.609. The standard InChI is InChI=1S/C10H21NS/c1-7-11(6,8-12)10(4,5)9(2)3/h9H,7H2,1-6H3/q+1. The van der Waals surface area contributed by atoms with E-state index < -0.39 is 0 Å². The Balaban J connectivity index is 4.83. The summed E-state index contributed by atoms with van der Waals surface area (Å²) < 4.78 is 0.736. The predicted molar refractivity (Wildman–Crippen MR) is 58.2 cm³/mol. The van der Waals surface area contributed by atoms with Crippen molar-refractivity contribution in [3.63, 3.8) is 0 Å². The lowest BCUT2D eigenvalue weighted by Crippen LogP contribution is -2.60. The summed E-state index contributed by atoms with van der Waals surface area (Å²) in [4.78, 5) is 0. The van der Waals surface area contributed by atoms with Crippen LogP contribution in [0.3, 0.4) is 0 Å². The Hall–Kier alpha value is 0.0500. The third-order valence-corrected chi connectivity index (χ3v) is 3.92. The van der Waals surface area contributed by atoms with Crippen molar-refractivity contribution in [2.45, 2.75) is 40.2 Å². The second-order valence-electron chi connectivity index (χ2n) is 4.41. The summed E-state index contributed by atoms with van der Waals surface area (Å²) in [6.45, 7) is 12.1. The molecule has 12 heavy (non-hydrogen) atoms. The first-order valence-electron chi connectivity index (χ1n) is 4.57. The number of quaternary nitrogens is 1. The van der Waals surface area contributed by atoms with Gasteiger partial charge in [0.05, 0.1) is 13.6 Å². The van der Waals surface area contributed by atoms with Crippen molar-refractivity contribution >= 4 is 17.7 Å². The van der Waals surface area contributed by atoms with Crippen LogP contribution < -0.4 is 0 Å². The summed E-state index contributed by atoms with van der Waals surface area (Å²) in [6, 6.07) is 0. The molecule has 1 unspecified atom stereocenters. The molecule has 0 aromatic carbocycles. The molecule has 0 aromatic heterocycles. The zero-order chi connectivity index (χ0) is 9.99. The quantitative estimate of drug-likeness (QED) is 0.482. The molecular weight excluding hydrogens is 166 g/mol. The lowest BCUT2D eigenvalue weighted by molar-refractivity contribution is -0.867. The van der Waals surface area contributed by atoms with E-state index in [1.54, 1.807) is 0 Å². The zero-order valence-electron chi connectivity index (χ0n) is 9.14. The molecule has 0 aromatic rings. The maximum Gasteiger partial charge on any atom is 0.272 e. The van der Waals surface area contributed by atoms with Crippen LogP contribution >= 0.6 is 12.2 Å². The molecular formula is C10H21NS+. The van der Waals surface area contributed by atoms with Crippen LogP contribution in [0, 0.1) is 5.92 Å². The van der Waals surface area contributed by atoms with Crippen molar-refractivity contribution in [3.05, 3.63) is 0 Å². The molecule has 0 spiro atoms. The van der Waals surface area contributed by atoms with E-state index in [9.17, 15) is 0 Å². The van der Waals surface area contributed by atoms with Gasteiger partial charge in [0.15, 0.2) is 0 Å². The van der Waals surface area contributed by atoms with Gasteiger partial charge in [-0.25, -0.2) is 0 Å². The molecule has 0 fully saturated rings. The topological polar surface area (TPSA) is 0 Å². The first-order chi connectivity index (χ1) is 5.31. The highest BCUT2D eigenvalue weighted by Crippen LogP contribution is 2.28. The van der Waals surface area contributed by atoms with E-state index in [0.717, 1.165) is 11.0 Å². The largest absolute Gasteiger partial charge is 0.274 e. The van der Waals surface area contributed by atoms with Gasteiger partial charge in [-0.1, -0.05) is 13.8 Å².